The minimum atomic E-state index is 0.0292. The molecule has 7 nitrogen and oxygen atoms in total. The Morgan fingerprint density at radius 3 is 2.56 bits per heavy atom. The van der Waals surface area contributed by atoms with E-state index in [1.54, 1.807) is 17.4 Å². The molecule has 174 valence electrons. The van der Waals surface area contributed by atoms with Gasteiger partial charge in [-0.15, -0.1) is 11.3 Å². The lowest BCUT2D eigenvalue weighted by molar-refractivity contribution is -0.127. The van der Waals surface area contributed by atoms with Crippen molar-refractivity contribution in [3.8, 4) is 16.3 Å². The van der Waals surface area contributed by atoms with Crippen molar-refractivity contribution in [2.24, 2.45) is 0 Å². The summed E-state index contributed by atoms with van der Waals surface area (Å²) in [5, 5.41) is 10.9. The lowest BCUT2D eigenvalue weighted by atomic mass is 10.1. The van der Waals surface area contributed by atoms with Gasteiger partial charge in [0.2, 0.25) is 5.91 Å². The summed E-state index contributed by atoms with van der Waals surface area (Å²) in [7, 11) is 0. The molecule has 3 aromatic heterocycles. The third-order valence-corrected chi connectivity index (χ3v) is 7.05. The van der Waals surface area contributed by atoms with Gasteiger partial charge < -0.3 is 9.42 Å². The van der Waals surface area contributed by atoms with Gasteiger partial charge in [-0.1, -0.05) is 29.4 Å². The Kier molecular flexibility index (Phi) is 6.42. The highest BCUT2D eigenvalue weighted by atomic mass is 32.1. The first-order valence-electron chi connectivity index (χ1n) is 11.4. The van der Waals surface area contributed by atoms with E-state index in [0.29, 0.717) is 13.1 Å². The van der Waals surface area contributed by atoms with E-state index in [9.17, 15) is 4.79 Å². The average Bonchev–Trinajstić information content (AvgIpc) is 3.61. The smallest absolute Gasteiger partial charge is 0.246 e. The van der Waals surface area contributed by atoms with Crippen molar-refractivity contribution < 1.29 is 9.32 Å². The molecule has 0 N–H and O–H groups in total. The summed E-state index contributed by atoms with van der Waals surface area (Å²) in [5.41, 5.74) is 4.89. The number of amides is 1. The average molecular weight is 474 g/mol. The van der Waals surface area contributed by atoms with E-state index in [1.807, 2.05) is 77.5 Å². The van der Waals surface area contributed by atoms with Crippen LogP contribution >= 0.6 is 11.3 Å². The van der Waals surface area contributed by atoms with Gasteiger partial charge in [0.25, 0.3) is 0 Å². The Morgan fingerprint density at radius 1 is 1.09 bits per heavy atom. The lowest BCUT2D eigenvalue weighted by Gasteiger charge is -2.34. The molecule has 1 fully saturated rings. The van der Waals surface area contributed by atoms with E-state index in [2.05, 4.69) is 16.1 Å². The van der Waals surface area contributed by atoms with Crippen molar-refractivity contribution in [2.75, 3.05) is 26.2 Å². The van der Waals surface area contributed by atoms with Crippen LogP contribution in [0.1, 0.15) is 22.6 Å². The standard InChI is InChI=1S/C26H27N5O2S/c1-19-23(20(2)33-28-19)18-29-12-14-30(15-13-29)25(32)11-10-21-17-31(22-7-4-3-5-8-22)27-26(21)24-9-6-16-34-24/h3-11,16-17H,12-15,18H2,1-2H3. The summed E-state index contributed by atoms with van der Waals surface area (Å²) >= 11 is 1.64. The van der Waals surface area contributed by atoms with Gasteiger partial charge >= 0.3 is 0 Å². The molecule has 0 saturated carbocycles. The quantitative estimate of drug-likeness (QED) is 0.384. The van der Waals surface area contributed by atoms with Crippen LogP contribution in [-0.4, -0.2) is 56.8 Å². The van der Waals surface area contributed by atoms with Crippen LogP contribution in [0.15, 0.2) is 64.6 Å². The van der Waals surface area contributed by atoms with Gasteiger partial charge in [-0.25, -0.2) is 4.68 Å². The number of carbonyl (C=O) groups excluding carboxylic acids is 1. The van der Waals surface area contributed by atoms with Gasteiger partial charge in [0.1, 0.15) is 11.5 Å². The molecule has 5 rings (SSSR count). The zero-order valence-electron chi connectivity index (χ0n) is 19.3. The molecule has 34 heavy (non-hydrogen) atoms. The van der Waals surface area contributed by atoms with Crippen LogP contribution in [-0.2, 0) is 11.3 Å². The van der Waals surface area contributed by atoms with Gasteiger partial charge in [-0.05, 0) is 43.5 Å². The number of carbonyl (C=O) groups is 1. The molecule has 4 aromatic rings. The van der Waals surface area contributed by atoms with Crippen molar-refractivity contribution in [2.45, 2.75) is 20.4 Å². The highest BCUT2D eigenvalue weighted by Gasteiger charge is 2.22. The maximum absolute atomic E-state index is 12.9. The molecule has 0 spiro atoms. The van der Waals surface area contributed by atoms with Gasteiger partial charge in [0, 0.05) is 56.1 Å². The summed E-state index contributed by atoms with van der Waals surface area (Å²) in [6.07, 6.45) is 5.54. The minimum Gasteiger partial charge on any atom is -0.361 e. The van der Waals surface area contributed by atoms with Crippen LogP contribution in [0.25, 0.3) is 22.3 Å². The zero-order valence-corrected chi connectivity index (χ0v) is 20.2. The minimum absolute atomic E-state index is 0.0292. The molecule has 1 aromatic carbocycles. The fraction of sp³-hybridized carbons (Fsp3) is 0.269. The number of para-hydroxylation sites is 1. The van der Waals surface area contributed by atoms with Crippen LogP contribution in [0, 0.1) is 13.8 Å². The van der Waals surface area contributed by atoms with Gasteiger partial charge in [-0.3, -0.25) is 9.69 Å². The van der Waals surface area contributed by atoms with Crippen molar-refractivity contribution in [1.82, 2.24) is 24.7 Å². The summed E-state index contributed by atoms with van der Waals surface area (Å²) in [6, 6.07) is 14.1. The van der Waals surface area contributed by atoms with Gasteiger partial charge in [0.15, 0.2) is 0 Å². The highest BCUT2D eigenvalue weighted by molar-refractivity contribution is 7.13. The molecule has 1 amide bonds. The maximum Gasteiger partial charge on any atom is 0.246 e. The number of aromatic nitrogens is 3. The largest absolute Gasteiger partial charge is 0.361 e. The molecule has 1 saturated heterocycles. The number of benzene rings is 1. The molecule has 0 unspecified atom stereocenters. The number of hydrogen-bond acceptors (Lipinski definition) is 6. The second-order valence-electron chi connectivity index (χ2n) is 8.43. The Bertz CT molecular complexity index is 1260. The third kappa shape index (κ3) is 4.73. The van der Waals surface area contributed by atoms with Crippen molar-refractivity contribution in [1.29, 1.82) is 0 Å². The van der Waals surface area contributed by atoms with Crippen LogP contribution in [0.5, 0.6) is 0 Å². The zero-order chi connectivity index (χ0) is 23.5. The van der Waals surface area contributed by atoms with Gasteiger partial charge in [0.05, 0.1) is 16.3 Å². The first-order chi connectivity index (χ1) is 16.6. The normalized spacial score (nSPS) is 14.8. The topological polar surface area (TPSA) is 67.4 Å². The summed E-state index contributed by atoms with van der Waals surface area (Å²) in [4.78, 5) is 18.3. The van der Waals surface area contributed by atoms with E-state index in [0.717, 1.165) is 58.5 Å². The van der Waals surface area contributed by atoms with Crippen molar-refractivity contribution >= 4 is 23.3 Å². The fourth-order valence-corrected chi connectivity index (χ4v) is 4.90. The first kappa shape index (κ1) is 22.3. The molecule has 0 atom stereocenters. The number of piperazine rings is 1. The summed E-state index contributed by atoms with van der Waals surface area (Å²) < 4.78 is 7.15. The number of nitrogens with zero attached hydrogens (tertiary/aromatic N) is 5. The van der Waals surface area contributed by atoms with Crippen LogP contribution < -0.4 is 0 Å². The third-order valence-electron chi connectivity index (χ3n) is 6.17. The van der Waals surface area contributed by atoms with E-state index in [1.165, 1.54) is 0 Å². The molecule has 1 aliphatic rings. The van der Waals surface area contributed by atoms with E-state index < -0.39 is 0 Å². The molecule has 0 aliphatic carbocycles. The maximum atomic E-state index is 12.9. The molecular formula is C26H27N5O2S. The van der Waals surface area contributed by atoms with Gasteiger partial charge in [-0.2, -0.15) is 5.10 Å². The Hall–Kier alpha value is -3.49. The monoisotopic (exact) mass is 473 g/mol. The van der Waals surface area contributed by atoms with E-state index in [-0.39, 0.29) is 5.91 Å². The number of hydrogen-bond donors (Lipinski definition) is 0. The van der Waals surface area contributed by atoms with Crippen molar-refractivity contribution in [3.63, 3.8) is 0 Å². The second-order valence-corrected chi connectivity index (χ2v) is 9.38. The van der Waals surface area contributed by atoms with Crippen molar-refractivity contribution in [3.05, 3.63) is 82.7 Å². The first-order valence-corrected chi connectivity index (χ1v) is 12.3. The summed E-state index contributed by atoms with van der Waals surface area (Å²) in [6.45, 7) is 7.79. The van der Waals surface area contributed by atoms with E-state index in [4.69, 9.17) is 9.62 Å². The molecule has 1 aliphatic heterocycles. The predicted molar refractivity (Wildman–Crippen MR) is 134 cm³/mol. The summed E-state index contributed by atoms with van der Waals surface area (Å²) in [5.74, 6) is 0.901. The molecule has 8 heteroatoms. The molecule has 0 radical (unpaired) electrons. The molecule has 4 heterocycles. The van der Waals surface area contributed by atoms with Crippen LogP contribution in [0.3, 0.4) is 0 Å². The van der Waals surface area contributed by atoms with Crippen LogP contribution in [0.2, 0.25) is 0 Å². The molecule has 0 bridgehead atoms. The Balaban J connectivity index is 1.27. The number of aryl methyl sites for hydroxylation is 2. The second kappa shape index (κ2) is 9.79. The Morgan fingerprint density at radius 2 is 1.88 bits per heavy atom. The number of thiophene rings is 1. The predicted octanol–water partition coefficient (Wildman–Crippen LogP) is 4.56. The van der Waals surface area contributed by atoms with Crippen LogP contribution in [0.4, 0.5) is 0 Å². The fourth-order valence-electron chi connectivity index (χ4n) is 4.17. The van der Waals surface area contributed by atoms with E-state index >= 15 is 0 Å². The Labute approximate surface area is 202 Å². The highest BCUT2D eigenvalue weighted by Crippen LogP contribution is 2.28. The lowest BCUT2D eigenvalue weighted by Crippen LogP contribution is -2.47. The number of rotatable bonds is 6. The SMILES string of the molecule is Cc1noc(C)c1CN1CCN(C(=O)C=Cc2cn(-c3ccccc3)nc2-c2cccs2)CC1. The molecular weight excluding hydrogens is 446 g/mol.